The molecule has 7 nitrogen and oxygen atoms in total. The Bertz CT molecular complexity index is 1300. The van der Waals surface area contributed by atoms with Crippen LogP contribution in [0.25, 0.3) is 22.2 Å². The second-order valence-electron chi connectivity index (χ2n) is 9.55. The normalized spacial score (nSPS) is 18.8. The largest absolute Gasteiger partial charge is 0.378 e. The highest BCUT2D eigenvalue weighted by Crippen LogP contribution is 2.34. The second kappa shape index (κ2) is 9.09. The molecule has 0 aromatic carbocycles. The summed E-state index contributed by atoms with van der Waals surface area (Å²) in [5.74, 6) is 0.897. The number of aromatic nitrogens is 5. The summed E-state index contributed by atoms with van der Waals surface area (Å²) in [5, 5.41) is 11.0. The van der Waals surface area contributed by atoms with Gasteiger partial charge in [-0.1, -0.05) is 13.8 Å². The highest BCUT2D eigenvalue weighted by molar-refractivity contribution is 7.03. The molecule has 4 heterocycles. The molecule has 0 unspecified atom stereocenters. The first-order valence-corrected chi connectivity index (χ1v) is 12.5. The SMILES string of the molecule is CC(C)Cn1cc(-c2cnsc2)cc(NC2CCC(c3cnc4c(cnn4C)c3)CC2)c1=O. The highest BCUT2D eigenvalue weighted by Gasteiger charge is 2.24. The molecule has 1 fully saturated rings. The number of fused-ring (bicyclic) bond motifs is 1. The molecule has 0 radical (unpaired) electrons. The van der Waals surface area contributed by atoms with Crippen LogP contribution in [-0.4, -0.2) is 29.7 Å². The van der Waals surface area contributed by atoms with E-state index in [0.717, 1.165) is 47.8 Å². The molecule has 0 amide bonds. The van der Waals surface area contributed by atoms with Crippen LogP contribution in [0.15, 0.2) is 47.1 Å². The highest BCUT2D eigenvalue weighted by atomic mass is 32.1. The first-order valence-electron chi connectivity index (χ1n) is 11.7. The summed E-state index contributed by atoms with van der Waals surface area (Å²) in [5.41, 5.74) is 5.07. The van der Waals surface area contributed by atoms with Crippen LogP contribution < -0.4 is 10.9 Å². The molecule has 0 spiro atoms. The molecule has 0 bridgehead atoms. The Labute approximate surface area is 197 Å². The molecule has 1 aliphatic carbocycles. The molecular weight excluding hydrogens is 432 g/mol. The van der Waals surface area contributed by atoms with Crippen LogP contribution in [0.5, 0.6) is 0 Å². The van der Waals surface area contributed by atoms with Crippen molar-refractivity contribution in [3.8, 4) is 11.1 Å². The molecule has 4 aromatic heterocycles. The summed E-state index contributed by atoms with van der Waals surface area (Å²) in [7, 11) is 1.92. The fraction of sp³-hybridized carbons (Fsp3) is 0.440. The lowest BCUT2D eigenvalue weighted by Crippen LogP contribution is -2.31. The minimum Gasteiger partial charge on any atom is -0.378 e. The van der Waals surface area contributed by atoms with Crippen molar-refractivity contribution in [1.82, 2.24) is 23.7 Å². The molecule has 5 rings (SSSR count). The van der Waals surface area contributed by atoms with Gasteiger partial charge in [0.15, 0.2) is 5.65 Å². The number of rotatable bonds is 6. The summed E-state index contributed by atoms with van der Waals surface area (Å²) in [4.78, 5) is 17.8. The van der Waals surface area contributed by atoms with Gasteiger partial charge in [0.1, 0.15) is 5.69 Å². The Balaban J connectivity index is 1.32. The predicted octanol–water partition coefficient (Wildman–Crippen LogP) is 5.05. The third-order valence-electron chi connectivity index (χ3n) is 6.56. The smallest absolute Gasteiger partial charge is 0.273 e. The third kappa shape index (κ3) is 4.57. The van der Waals surface area contributed by atoms with Gasteiger partial charge in [0, 0.05) is 60.1 Å². The maximum Gasteiger partial charge on any atom is 0.273 e. The standard InChI is InChI=1S/C25H30N6OS/c1-16(2)13-31-14-20(21-12-28-33-15-21)9-23(25(31)32)29-22-6-4-17(5-7-22)18-8-19-11-27-30(3)24(19)26-10-18/h8-12,14-17,22,29H,4-7,13H2,1-3H3. The van der Waals surface area contributed by atoms with Crippen LogP contribution in [0.2, 0.25) is 0 Å². The minimum absolute atomic E-state index is 0.0593. The Kier molecular flexibility index (Phi) is 6.01. The van der Waals surface area contributed by atoms with Crippen LogP contribution in [-0.2, 0) is 13.6 Å². The summed E-state index contributed by atoms with van der Waals surface area (Å²) in [6, 6.07) is 4.53. The van der Waals surface area contributed by atoms with Crippen molar-refractivity contribution in [3.05, 3.63) is 58.2 Å². The number of pyridine rings is 2. The molecule has 0 atom stereocenters. The Morgan fingerprint density at radius 3 is 2.67 bits per heavy atom. The fourth-order valence-corrected chi connectivity index (χ4v) is 5.39. The topological polar surface area (TPSA) is 77.6 Å². The van der Waals surface area contributed by atoms with E-state index in [9.17, 15) is 4.79 Å². The predicted molar refractivity (Wildman–Crippen MR) is 134 cm³/mol. The van der Waals surface area contributed by atoms with Crippen LogP contribution in [0.1, 0.15) is 51.0 Å². The van der Waals surface area contributed by atoms with Crippen LogP contribution in [0.3, 0.4) is 0 Å². The molecule has 1 N–H and O–H groups in total. The van der Waals surface area contributed by atoms with Crippen molar-refractivity contribution in [2.24, 2.45) is 13.0 Å². The van der Waals surface area contributed by atoms with Gasteiger partial charge in [0.2, 0.25) is 0 Å². The van der Waals surface area contributed by atoms with Gasteiger partial charge in [-0.3, -0.25) is 9.48 Å². The lowest BCUT2D eigenvalue weighted by Gasteiger charge is -2.30. The molecule has 0 aliphatic heterocycles. The van der Waals surface area contributed by atoms with Crippen molar-refractivity contribution in [2.45, 2.75) is 58.0 Å². The Morgan fingerprint density at radius 2 is 1.94 bits per heavy atom. The van der Waals surface area contributed by atoms with Crippen LogP contribution >= 0.6 is 11.5 Å². The number of nitrogens with one attached hydrogen (secondary N) is 1. The molecular formula is C25H30N6OS. The minimum atomic E-state index is 0.0593. The molecule has 33 heavy (non-hydrogen) atoms. The maximum atomic E-state index is 13.2. The first-order chi connectivity index (χ1) is 16.0. The summed E-state index contributed by atoms with van der Waals surface area (Å²) >= 11 is 1.43. The molecule has 1 saturated carbocycles. The molecule has 8 heteroatoms. The van der Waals surface area contributed by atoms with Gasteiger partial charge in [-0.2, -0.15) is 5.10 Å². The zero-order valence-corrected chi connectivity index (χ0v) is 20.2. The lowest BCUT2D eigenvalue weighted by molar-refractivity contribution is 0.411. The van der Waals surface area contributed by atoms with Gasteiger partial charge in [-0.25, -0.2) is 9.36 Å². The zero-order valence-electron chi connectivity index (χ0n) is 19.4. The Morgan fingerprint density at radius 1 is 1.12 bits per heavy atom. The van der Waals surface area contributed by atoms with Crippen LogP contribution in [0.4, 0.5) is 5.69 Å². The van der Waals surface area contributed by atoms with Crippen molar-refractivity contribution < 1.29 is 0 Å². The van der Waals surface area contributed by atoms with E-state index < -0.39 is 0 Å². The first kappa shape index (κ1) is 21.8. The zero-order chi connectivity index (χ0) is 22.9. The molecule has 1 aliphatic rings. The monoisotopic (exact) mass is 462 g/mol. The van der Waals surface area contributed by atoms with E-state index in [1.807, 2.05) is 52.5 Å². The van der Waals surface area contributed by atoms with Crippen LogP contribution in [0, 0.1) is 5.92 Å². The van der Waals surface area contributed by atoms with Crippen molar-refractivity contribution in [1.29, 1.82) is 0 Å². The average Bonchev–Trinajstić information content (AvgIpc) is 3.47. The van der Waals surface area contributed by atoms with E-state index in [1.165, 1.54) is 17.1 Å². The van der Waals surface area contributed by atoms with E-state index in [0.29, 0.717) is 30.1 Å². The third-order valence-corrected chi connectivity index (χ3v) is 7.15. The van der Waals surface area contributed by atoms with Crippen molar-refractivity contribution in [2.75, 3.05) is 5.32 Å². The van der Waals surface area contributed by atoms with Gasteiger partial charge in [-0.05, 0) is 66.7 Å². The number of nitrogens with zero attached hydrogens (tertiary/aromatic N) is 5. The Hall–Kier alpha value is -3.00. The second-order valence-corrected chi connectivity index (χ2v) is 10.2. The van der Waals surface area contributed by atoms with Gasteiger partial charge < -0.3 is 9.88 Å². The number of hydrogen-bond acceptors (Lipinski definition) is 6. The van der Waals surface area contributed by atoms with Gasteiger partial charge in [-0.15, -0.1) is 0 Å². The molecule has 0 saturated heterocycles. The lowest BCUT2D eigenvalue weighted by atomic mass is 9.82. The van der Waals surface area contributed by atoms with Gasteiger partial charge in [0.05, 0.1) is 6.20 Å². The number of anilines is 1. The number of aryl methyl sites for hydroxylation is 1. The average molecular weight is 463 g/mol. The number of hydrogen-bond donors (Lipinski definition) is 1. The van der Waals surface area contributed by atoms with Gasteiger partial charge in [0.25, 0.3) is 5.56 Å². The van der Waals surface area contributed by atoms with E-state index in [4.69, 9.17) is 0 Å². The van der Waals surface area contributed by atoms with E-state index >= 15 is 0 Å². The van der Waals surface area contributed by atoms with E-state index in [-0.39, 0.29) is 5.56 Å². The quantitative estimate of drug-likeness (QED) is 0.434. The van der Waals surface area contributed by atoms with E-state index in [2.05, 4.69) is 39.7 Å². The fourth-order valence-electron chi connectivity index (χ4n) is 4.85. The van der Waals surface area contributed by atoms with Crippen molar-refractivity contribution >= 4 is 28.3 Å². The van der Waals surface area contributed by atoms with E-state index in [1.54, 1.807) is 0 Å². The summed E-state index contributed by atoms with van der Waals surface area (Å²) in [6.45, 7) is 4.98. The maximum absolute atomic E-state index is 13.2. The van der Waals surface area contributed by atoms with Crippen molar-refractivity contribution in [3.63, 3.8) is 0 Å². The molecule has 172 valence electrons. The summed E-state index contributed by atoms with van der Waals surface area (Å²) < 4.78 is 7.90. The molecule has 4 aromatic rings. The van der Waals surface area contributed by atoms with Gasteiger partial charge >= 0.3 is 0 Å². The summed E-state index contributed by atoms with van der Waals surface area (Å²) in [6.07, 6.45) is 12.0.